The minimum atomic E-state index is -5.08. The minimum absolute atomic E-state index is 0.0515. The van der Waals surface area contributed by atoms with Crippen molar-refractivity contribution in [1.82, 2.24) is 0 Å². The third kappa shape index (κ3) is 6.41. The summed E-state index contributed by atoms with van der Waals surface area (Å²) in [5, 5.41) is 10.7. The summed E-state index contributed by atoms with van der Waals surface area (Å²) >= 11 is 0. The normalized spacial score (nSPS) is 12.3. The van der Waals surface area contributed by atoms with E-state index in [4.69, 9.17) is 20.1 Å². The van der Waals surface area contributed by atoms with E-state index in [9.17, 15) is 22.8 Å². The molecule has 1 aromatic heterocycles. The first-order valence-corrected chi connectivity index (χ1v) is 7.74. The molecule has 2 rings (SSSR count). The number of aryl methyl sites for hydroxylation is 1. The molecule has 0 bridgehead atoms. The molecule has 1 amide bonds. The number of rotatable bonds is 3. The van der Waals surface area contributed by atoms with Crippen LogP contribution in [0.25, 0.3) is 11.0 Å². The van der Waals surface area contributed by atoms with Crippen LogP contribution in [0.3, 0.4) is 0 Å². The Morgan fingerprint density at radius 1 is 1.22 bits per heavy atom. The number of nitrogens with one attached hydrogen (secondary N) is 1. The van der Waals surface area contributed by atoms with Gasteiger partial charge in [-0.15, -0.1) is 0 Å². The van der Waals surface area contributed by atoms with E-state index < -0.39 is 23.8 Å². The van der Waals surface area contributed by atoms with Gasteiger partial charge in [0.25, 0.3) is 0 Å². The Labute approximate surface area is 152 Å². The van der Waals surface area contributed by atoms with E-state index in [1.807, 2.05) is 26.8 Å². The Morgan fingerprint density at radius 3 is 2.26 bits per heavy atom. The van der Waals surface area contributed by atoms with Crippen LogP contribution in [-0.4, -0.2) is 29.2 Å². The number of carboxylic acids is 1. The summed E-state index contributed by atoms with van der Waals surface area (Å²) in [4.78, 5) is 32.2. The van der Waals surface area contributed by atoms with Crippen molar-refractivity contribution in [2.75, 3.05) is 5.32 Å². The van der Waals surface area contributed by atoms with Crippen LogP contribution in [-0.2, 0) is 9.59 Å². The standard InChI is InChI=1S/C15H18N2O3.C2HF3O2/c1-8(2)14(16)15(19)17-10-4-5-11-9(3)6-13(18)20-12(11)7-10;3-2(4,5)1(6)7/h4-8,14H,16H2,1-3H3,(H,17,19);(H,6,7)/t14-;/m0./s1. The number of carbonyl (C=O) groups excluding carboxylic acids is 1. The molecule has 0 fully saturated rings. The second-order valence-corrected chi connectivity index (χ2v) is 6.02. The smallest absolute Gasteiger partial charge is 0.475 e. The fraction of sp³-hybridized carbons (Fsp3) is 0.353. The summed E-state index contributed by atoms with van der Waals surface area (Å²) in [5.41, 5.74) is 7.23. The molecule has 0 unspecified atom stereocenters. The van der Waals surface area contributed by atoms with E-state index in [1.54, 1.807) is 12.1 Å². The van der Waals surface area contributed by atoms with Gasteiger partial charge < -0.3 is 20.6 Å². The average molecular weight is 388 g/mol. The van der Waals surface area contributed by atoms with Crippen molar-refractivity contribution in [2.24, 2.45) is 11.7 Å². The van der Waals surface area contributed by atoms with Crippen LogP contribution in [0.1, 0.15) is 19.4 Å². The molecule has 0 aliphatic heterocycles. The van der Waals surface area contributed by atoms with Crippen LogP contribution in [0.5, 0.6) is 0 Å². The number of benzene rings is 1. The molecular weight excluding hydrogens is 369 g/mol. The van der Waals surface area contributed by atoms with Gasteiger partial charge >= 0.3 is 17.8 Å². The number of amides is 1. The zero-order valence-electron chi connectivity index (χ0n) is 14.8. The van der Waals surface area contributed by atoms with Crippen molar-refractivity contribution in [2.45, 2.75) is 33.0 Å². The molecule has 2 aromatic rings. The molecule has 1 heterocycles. The van der Waals surface area contributed by atoms with Gasteiger partial charge in [0.2, 0.25) is 5.91 Å². The van der Waals surface area contributed by atoms with E-state index in [1.165, 1.54) is 6.07 Å². The largest absolute Gasteiger partial charge is 0.490 e. The lowest BCUT2D eigenvalue weighted by Gasteiger charge is -2.15. The molecular formula is C17H19F3N2O5. The molecule has 0 radical (unpaired) electrons. The number of carbonyl (C=O) groups is 2. The van der Waals surface area contributed by atoms with Gasteiger partial charge in [0.05, 0.1) is 6.04 Å². The predicted octanol–water partition coefficient (Wildman–Crippen LogP) is 2.66. The van der Waals surface area contributed by atoms with Crippen molar-refractivity contribution in [3.05, 3.63) is 40.2 Å². The van der Waals surface area contributed by atoms with E-state index in [0.717, 1.165) is 10.9 Å². The number of hydrogen-bond donors (Lipinski definition) is 3. The predicted molar refractivity (Wildman–Crippen MR) is 92.4 cm³/mol. The summed E-state index contributed by atoms with van der Waals surface area (Å²) in [6, 6.07) is 6.07. The van der Waals surface area contributed by atoms with Crippen LogP contribution in [0.2, 0.25) is 0 Å². The molecule has 1 aromatic carbocycles. The van der Waals surface area contributed by atoms with Crippen molar-refractivity contribution < 1.29 is 32.3 Å². The molecule has 1 atom stereocenters. The Bertz CT molecular complexity index is 890. The first kappa shape index (κ1) is 22.2. The minimum Gasteiger partial charge on any atom is -0.475 e. The third-order valence-corrected chi connectivity index (χ3v) is 3.48. The van der Waals surface area contributed by atoms with Crippen LogP contribution in [0.4, 0.5) is 18.9 Å². The molecule has 148 valence electrons. The van der Waals surface area contributed by atoms with Crippen LogP contribution < -0.4 is 16.7 Å². The maximum atomic E-state index is 11.9. The molecule has 0 spiro atoms. The number of halogens is 3. The van der Waals surface area contributed by atoms with Gasteiger partial charge in [-0.3, -0.25) is 4.79 Å². The van der Waals surface area contributed by atoms with Crippen molar-refractivity contribution in [3.8, 4) is 0 Å². The third-order valence-electron chi connectivity index (χ3n) is 3.48. The second-order valence-electron chi connectivity index (χ2n) is 6.02. The van der Waals surface area contributed by atoms with Gasteiger partial charge in [-0.05, 0) is 30.5 Å². The Morgan fingerprint density at radius 2 is 1.78 bits per heavy atom. The Balaban J connectivity index is 0.000000445. The zero-order valence-corrected chi connectivity index (χ0v) is 14.8. The second kappa shape index (κ2) is 8.67. The average Bonchev–Trinajstić information content (AvgIpc) is 2.53. The fourth-order valence-electron chi connectivity index (χ4n) is 1.93. The number of hydrogen-bond acceptors (Lipinski definition) is 5. The lowest BCUT2D eigenvalue weighted by molar-refractivity contribution is -0.192. The SMILES string of the molecule is Cc1cc(=O)oc2cc(NC(=O)[C@@H](N)C(C)C)ccc12.O=C(O)C(F)(F)F. The van der Waals surface area contributed by atoms with Crippen molar-refractivity contribution in [1.29, 1.82) is 0 Å². The monoisotopic (exact) mass is 388 g/mol. The highest BCUT2D eigenvalue weighted by atomic mass is 19.4. The molecule has 10 heteroatoms. The van der Waals surface area contributed by atoms with E-state index in [0.29, 0.717) is 11.3 Å². The summed E-state index contributed by atoms with van der Waals surface area (Å²) in [7, 11) is 0. The lowest BCUT2D eigenvalue weighted by Crippen LogP contribution is -2.39. The van der Waals surface area contributed by atoms with Crippen LogP contribution >= 0.6 is 0 Å². The highest BCUT2D eigenvalue weighted by Crippen LogP contribution is 2.21. The first-order valence-electron chi connectivity index (χ1n) is 7.74. The topological polar surface area (TPSA) is 123 Å². The molecule has 4 N–H and O–H groups in total. The van der Waals surface area contributed by atoms with Gasteiger partial charge in [-0.25, -0.2) is 9.59 Å². The lowest BCUT2D eigenvalue weighted by atomic mass is 10.0. The van der Waals surface area contributed by atoms with Crippen LogP contribution in [0, 0.1) is 12.8 Å². The van der Waals surface area contributed by atoms with E-state index in [-0.39, 0.29) is 11.8 Å². The number of nitrogens with two attached hydrogens (primary N) is 1. The van der Waals surface area contributed by atoms with Crippen molar-refractivity contribution >= 4 is 28.5 Å². The van der Waals surface area contributed by atoms with Gasteiger partial charge in [0.15, 0.2) is 0 Å². The molecule has 7 nitrogen and oxygen atoms in total. The number of fused-ring (bicyclic) bond motifs is 1. The maximum absolute atomic E-state index is 11.9. The van der Waals surface area contributed by atoms with Crippen molar-refractivity contribution in [3.63, 3.8) is 0 Å². The highest BCUT2D eigenvalue weighted by Gasteiger charge is 2.38. The molecule has 0 saturated heterocycles. The summed E-state index contributed by atoms with van der Waals surface area (Å²) in [6.45, 7) is 5.60. The Hall–Kier alpha value is -2.88. The van der Waals surface area contributed by atoms with Crippen LogP contribution in [0.15, 0.2) is 33.5 Å². The van der Waals surface area contributed by atoms with Gasteiger partial charge in [-0.2, -0.15) is 13.2 Å². The van der Waals surface area contributed by atoms with Gasteiger partial charge in [0.1, 0.15) is 5.58 Å². The molecule has 0 aliphatic carbocycles. The number of carboxylic acid groups (broad SMARTS) is 1. The molecule has 0 aliphatic rings. The van der Waals surface area contributed by atoms with E-state index >= 15 is 0 Å². The highest BCUT2D eigenvalue weighted by molar-refractivity contribution is 5.96. The summed E-state index contributed by atoms with van der Waals surface area (Å²) in [6.07, 6.45) is -5.08. The summed E-state index contributed by atoms with van der Waals surface area (Å²) < 4.78 is 36.9. The number of anilines is 1. The summed E-state index contributed by atoms with van der Waals surface area (Å²) in [5.74, 6) is -2.96. The van der Waals surface area contributed by atoms with Gasteiger partial charge in [0, 0.05) is 23.2 Å². The first-order chi connectivity index (χ1) is 12.3. The van der Waals surface area contributed by atoms with E-state index in [2.05, 4.69) is 5.32 Å². The quantitative estimate of drug-likeness (QED) is 0.695. The maximum Gasteiger partial charge on any atom is 0.490 e. The number of alkyl halides is 3. The Kier molecular flexibility index (Phi) is 7.12. The van der Waals surface area contributed by atoms with Gasteiger partial charge in [-0.1, -0.05) is 13.8 Å². The zero-order chi connectivity index (χ0) is 20.9. The molecule has 27 heavy (non-hydrogen) atoms. The molecule has 0 saturated carbocycles. The number of aliphatic carboxylic acids is 1. The fourth-order valence-corrected chi connectivity index (χ4v) is 1.93.